The Labute approximate surface area is 96.5 Å². The van der Waals surface area contributed by atoms with Crippen LogP contribution in [0.3, 0.4) is 0 Å². The molecule has 0 aromatic rings. The lowest BCUT2D eigenvalue weighted by Crippen LogP contribution is -1.95. The molecule has 0 heterocycles. The van der Waals surface area contributed by atoms with Crippen molar-refractivity contribution in [2.75, 3.05) is 0 Å². The third-order valence-electron chi connectivity index (χ3n) is 2.85. The number of hydrogen-bond acceptors (Lipinski definition) is 0. The summed E-state index contributed by atoms with van der Waals surface area (Å²) in [4.78, 5) is 0. The second kappa shape index (κ2) is 8.76. The summed E-state index contributed by atoms with van der Waals surface area (Å²) in [7, 11) is 0. The summed E-state index contributed by atoms with van der Waals surface area (Å²) in [6, 6.07) is 0. The summed E-state index contributed by atoms with van der Waals surface area (Å²) in [5.41, 5.74) is 1.37. The van der Waals surface area contributed by atoms with E-state index in [1.807, 2.05) is 0 Å². The molecule has 0 aliphatic heterocycles. The van der Waals surface area contributed by atoms with E-state index in [0.717, 1.165) is 11.8 Å². The molecule has 0 amide bonds. The lowest BCUT2D eigenvalue weighted by molar-refractivity contribution is 0.461. The molecule has 0 saturated heterocycles. The molecule has 15 heavy (non-hydrogen) atoms. The summed E-state index contributed by atoms with van der Waals surface area (Å²) in [6.45, 7) is 11.2. The van der Waals surface area contributed by atoms with Crippen LogP contribution in [0.5, 0.6) is 0 Å². The maximum Gasteiger partial charge on any atom is -0.0322 e. The van der Waals surface area contributed by atoms with Gasteiger partial charge in [-0.1, -0.05) is 63.8 Å². The molecule has 0 fully saturated rings. The molecule has 0 bridgehead atoms. The van der Waals surface area contributed by atoms with Crippen LogP contribution in [0.4, 0.5) is 0 Å². The Morgan fingerprint density at radius 1 is 1.13 bits per heavy atom. The van der Waals surface area contributed by atoms with Gasteiger partial charge in [-0.2, -0.15) is 0 Å². The highest BCUT2D eigenvalue weighted by atomic mass is 14.1. The molecular weight excluding hydrogens is 180 g/mol. The normalized spacial score (nSPS) is 15.2. The van der Waals surface area contributed by atoms with Gasteiger partial charge < -0.3 is 0 Å². The van der Waals surface area contributed by atoms with Crippen LogP contribution in [0.2, 0.25) is 0 Å². The molecule has 1 atom stereocenters. The largest absolute Gasteiger partial charge is 0.0847 e. The van der Waals surface area contributed by atoms with E-state index in [1.54, 1.807) is 0 Å². The van der Waals surface area contributed by atoms with E-state index >= 15 is 0 Å². The zero-order chi connectivity index (χ0) is 11.7. The van der Waals surface area contributed by atoms with Gasteiger partial charge in [0.1, 0.15) is 0 Å². The molecule has 0 rings (SSSR count). The van der Waals surface area contributed by atoms with E-state index in [4.69, 9.17) is 0 Å². The molecule has 0 nitrogen and oxygen atoms in total. The highest BCUT2D eigenvalue weighted by Gasteiger charge is 2.00. The first kappa shape index (κ1) is 14.5. The van der Waals surface area contributed by atoms with Crippen molar-refractivity contribution in [1.82, 2.24) is 0 Å². The smallest absolute Gasteiger partial charge is 0.0322 e. The molecule has 0 radical (unpaired) electrons. The van der Waals surface area contributed by atoms with Crippen molar-refractivity contribution in [3.8, 4) is 0 Å². The highest BCUT2D eigenvalue weighted by molar-refractivity contribution is 5.14. The van der Waals surface area contributed by atoms with Crippen molar-refractivity contribution in [2.24, 2.45) is 11.8 Å². The van der Waals surface area contributed by atoms with Gasteiger partial charge in [0.05, 0.1) is 0 Å². The molecule has 0 aliphatic carbocycles. The first-order chi connectivity index (χ1) is 7.06. The highest BCUT2D eigenvalue weighted by Crippen LogP contribution is 2.15. The maximum atomic E-state index is 2.36. The molecule has 0 heteroatoms. The Morgan fingerprint density at radius 3 is 2.33 bits per heavy atom. The Hall–Kier alpha value is -0.520. The van der Waals surface area contributed by atoms with E-state index in [2.05, 4.69) is 52.8 Å². The predicted molar refractivity (Wildman–Crippen MR) is 71.0 cm³/mol. The zero-order valence-corrected chi connectivity index (χ0v) is 11.2. The fourth-order valence-electron chi connectivity index (χ4n) is 1.57. The van der Waals surface area contributed by atoms with Crippen molar-refractivity contribution >= 4 is 0 Å². The number of rotatable bonds is 7. The lowest BCUT2D eigenvalue weighted by Gasteiger charge is -2.09. The maximum absolute atomic E-state index is 2.36. The number of hydrogen-bond donors (Lipinski definition) is 0. The Morgan fingerprint density at radius 2 is 1.80 bits per heavy atom. The molecule has 0 spiro atoms. The third-order valence-corrected chi connectivity index (χ3v) is 2.85. The van der Waals surface area contributed by atoms with Crippen LogP contribution in [-0.4, -0.2) is 0 Å². The van der Waals surface area contributed by atoms with Crippen LogP contribution >= 0.6 is 0 Å². The minimum absolute atomic E-state index is 0.838. The average Bonchev–Trinajstić information content (AvgIpc) is 2.17. The summed E-state index contributed by atoms with van der Waals surface area (Å²) in [6.07, 6.45) is 12.1. The first-order valence-corrected chi connectivity index (χ1v) is 6.35. The minimum atomic E-state index is 0.838. The molecule has 0 saturated carbocycles. The second-order valence-corrected chi connectivity index (χ2v) is 5.10. The van der Waals surface area contributed by atoms with Gasteiger partial charge in [0.15, 0.2) is 0 Å². The molecule has 1 unspecified atom stereocenters. The quantitative estimate of drug-likeness (QED) is 0.494. The van der Waals surface area contributed by atoms with Crippen molar-refractivity contribution in [1.29, 1.82) is 0 Å². The summed E-state index contributed by atoms with van der Waals surface area (Å²) < 4.78 is 0. The Kier molecular flexibility index (Phi) is 8.46. The van der Waals surface area contributed by atoms with E-state index in [9.17, 15) is 0 Å². The molecule has 0 N–H and O–H groups in total. The van der Waals surface area contributed by atoms with Crippen LogP contribution in [0.25, 0.3) is 0 Å². The molecular formula is C15H28. The van der Waals surface area contributed by atoms with Crippen LogP contribution in [0, 0.1) is 11.8 Å². The lowest BCUT2D eigenvalue weighted by atomic mass is 9.97. The van der Waals surface area contributed by atoms with Gasteiger partial charge in [0.25, 0.3) is 0 Å². The van der Waals surface area contributed by atoms with E-state index in [-0.39, 0.29) is 0 Å². The van der Waals surface area contributed by atoms with E-state index in [0.29, 0.717) is 0 Å². The van der Waals surface area contributed by atoms with Crippen molar-refractivity contribution in [3.63, 3.8) is 0 Å². The molecule has 0 aliphatic rings. The Bertz CT molecular complexity index is 196. The predicted octanol–water partition coefficient (Wildman–Crippen LogP) is 5.36. The van der Waals surface area contributed by atoms with Crippen molar-refractivity contribution in [2.45, 2.75) is 60.3 Å². The molecule has 88 valence electrons. The van der Waals surface area contributed by atoms with Gasteiger partial charge in [-0.3, -0.25) is 0 Å². The van der Waals surface area contributed by atoms with Gasteiger partial charge in [-0.25, -0.2) is 0 Å². The van der Waals surface area contributed by atoms with E-state index in [1.165, 1.54) is 31.3 Å². The SMILES string of the molecule is CC=C(C)C=CCC(C)CCCC(C)C. The van der Waals surface area contributed by atoms with Gasteiger partial charge in [-0.15, -0.1) is 0 Å². The Balaban J connectivity index is 3.57. The summed E-state index contributed by atoms with van der Waals surface area (Å²) in [5, 5.41) is 0. The van der Waals surface area contributed by atoms with E-state index < -0.39 is 0 Å². The van der Waals surface area contributed by atoms with Crippen molar-refractivity contribution in [3.05, 3.63) is 23.8 Å². The van der Waals surface area contributed by atoms with Crippen LogP contribution in [0.15, 0.2) is 23.8 Å². The fourth-order valence-corrected chi connectivity index (χ4v) is 1.57. The molecule has 0 aromatic heterocycles. The minimum Gasteiger partial charge on any atom is -0.0847 e. The third kappa shape index (κ3) is 9.78. The van der Waals surface area contributed by atoms with Crippen molar-refractivity contribution < 1.29 is 0 Å². The van der Waals surface area contributed by atoms with Crippen LogP contribution < -0.4 is 0 Å². The van der Waals surface area contributed by atoms with Gasteiger partial charge >= 0.3 is 0 Å². The summed E-state index contributed by atoms with van der Waals surface area (Å²) in [5.74, 6) is 1.70. The average molecular weight is 208 g/mol. The first-order valence-electron chi connectivity index (χ1n) is 6.35. The van der Waals surface area contributed by atoms with Gasteiger partial charge in [0.2, 0.25) is 0 Å². The topological polar surface area (TPSA) is 0 Å². The summed E-state index contributed by atoms with van der Waals surface area (Å²) >= 11 is 0. The standard InChI is InChI=1S/C15H28/c1-6-14(4)10-8-12-15(5)11-7-9-13(2)3/h6,8,10,13,15H,7,9,11-12H2,1-5H3. The molecule has 0 aromatic carbocycles. The van der Waals surface area contributed by atoms with Crippen LogP contribution in [0.1, 0.15) is 60.3 Å². The second-order valence-electron chi connectivity index (χ2n) is 5.10. The fraction of sp³-hybridized carbons (Fsp3) is 0.733. The van der Waals surface area contributed by atoms with Crippen LogP contribution in [-0.2, 0) is 0 Å². The monoisotopic (exact) mass is 208 g/mol. The van der Waals surface area contributed by atoms with Gasteiger partial charge in [0, 0.05) is 0 Å². The number of allylic oxidation sites excluding steroid dienone is 4. The zero-order valence-electron chi connectivity index (χ0n) is 11.2. The van der Waals surface area contributed by atoms with Gasteiger partial charge in [-0.05, 0) is 32.1 Å².